The summed E-state index contributed by atoms with van der Waals surface area (Å²) in [5.74, 6) is 6.89. The summed E-state index contributed by atoms with van der Waals surface area (Å²) in [5, 5.41) is 0. The lowest BCUT2D eigenvalue weighted by atomic mass is 9.64. The van der Waals surface area contributed by atoms with Crippen LogP contribution in [-0.4, -0.2) is 0 Å². The van der Waals surface area contributed by atoms with Gasteiger partial charge in [0.2, 0.25) is 0 Å². The first-order chi connectivity index (χ1) is 8.64. The molecule has 0 bridgehead atoms. The van der Waals surface area contributed by atoms with E-state index in [2.05, 4.69) is 13.8 Å². The molecule has 0 heterocycles. The molecule has 4 fully saturated rings. The molecule has 0 aromatic carbocycles. The molecule has 0 heteroatoms. The minimum Gasteiger partial charge on any atom is -0.0599 e. The molecule has 6 unspecified atom stereocenters. The van der Waals surface area contributed by atoms with Crippen LogP contribution in [0.25, 0.3) is 0 Å². The van der Waals surface area contributed by atoms with Crippen LogP contribution in [0, 0.1) is 40.9 Å². The van der Waals surface area contributed by atoms with Crippen LogP contribution >= 0.6 is 0 Å². The molecule has 18 heavy (non-hydrogen) atoms. The molecule has 0 nitrogen and oxygen atoms in total. The van der Waals surface area contributed by atoms with Gasteiger partial charge in [-0.25, -0.2) is 0 Å². The van der Waals surface area contributed by atoms with E-state index in [1.807, 2.05) is 0 Å². The average molecular weight is 246 g/mol. The van der Waals surface area contributed by atoms with Crippen molar-refractivity contribution in [3.63, 3.8) is 0 Å². The molecule has 0 spiro atoms. The first kappa shape index (κ1) is 11.8. The summed E-state index contributed by atoms with van der Waals surface area (Å²) in [4.78, 5) is 0. The van der Waals surface area contributed by atoms with Gasteiger partial charge < -0.3 is 0 Å². The Morgan fingerprint density at radius 1 is 0.722 bits per heavy atom. The highest BCUT2D eigenvalue weighted by Crippen LogP contribution is 2.62. The third-order valence-electron chi connectivity index (χ3n) is 7.39. The minimum absolute atomic E-state index is 0.656. The van der Waals surface area contributed by atoms with Gasteiger partial charge >= 0.3 is 0 Å². The van der Waals surface area contributed by atoms with Gasteiger partial charge in [-0.2, -0.15) is 0 Å². The van der Waals surface area contributed by atoms with Crippen molar-refractivity contribution >= 4 is 0 Å². The maximum atomic E-state index is 2.52. The molecule has 4 saturated carbocycles. The lowest BCUT2D eigenvalue weighted by Gasteiger charge is -2.41. The number of fused-ring (bicyclic) bond motifs is 5. The zero-order valence-corrected chi connectivity index (χ0v) is 12.3. The van der Waals surface area contributed by atoms with Crippen molar-refractivity contribution in [3.05, 3.63) is 0 Å². The lowest BCUT2D eigenvalue weighted by molar-refractivity contribution is 0.0841. The summed E-state index contributed by atoms with van der Waals surface area (Å²) in [6.07, 6.45) is 14.2. The third-order valence-corrected chi connectivity index (χ3v) is 7.39. The van der Waals surface area contributed by atoms with Gasteiger partial charge in [-0.1, -0.05) is 26.7 Å². The molecule has 0 radical (unpaired) electrons. The summed E-state index contributed by atoms with van der Waals surface area (Å²) < 4.78 is 0. The summed E-state index contributed by atoms with van der Waals surface area (Å²) in [6, 6.07) is 0. The highest BCUT2D eigenvalue weighted by atomic mass is 14.6. The molecular formula is C18H30. The Labute approximate surface area is 113 Å². The van der Waals surface area contributed by atoms with Gasteiger partial charge in [0.25, 0.3) is 0 Å². The second-order valence-corrected chi connectivity index (χ2v) is 8.83. The maximum absolute atomic E-state index is 2.52. The molecule has 0 saturated heterocycles. The van der Waals surface area contributed by atoms with Crippen LogP contribution in [0.3, 0.4) is 0 Å². The van der Waals surface area contributed by atoms with Crippen LogP contribution in [0.1, 0.15) is 71.6 Å². The van der Waals surface area contributed by atoms with Crippen molar-refractivity contribution in [2.45, 2.75) is 71.6 Å². The quantitative estimate of drug-likeness (QED) is 0.546. The Kier molecular flexibility index (Phi) is 2.62. The Morgan fingerprint density at radius 3 is 2.44 bits per heavy atom. The molecule has 4 rings (SSSR count). The average Bonchev–Trinajstić information content (AvgIpc) is 2.88. The van der Waals surface area contributed by atoms with Gasteiger partial charge in [0.15, 0.2) is 0 Å². The van der Waals surface area contributed by atoms with Crippen molar-refractivity contribution in [1.82, 2.24) is 0 Å². The van der Waals surface area contributed by atoms with E-state index in [1.165, 1.54) is 6.42 Å². The van der Waals surface area contributed by atoms with Crippen LogP contribution < -0.4 is 0 Å². The fraction of sp³-hybridized carbons (Fsp3) is 1.00. The summed E-state index contributed by atoms with van der Waals surface area (Å²) >= 11 is 0. The SMILES string of the molecule is CC1(C)CCC2C(CC3C4CCCC4CCC23)C1. The van der Waals surface area contributed by atoms with Crippen molar-refractivity contribution < 1.29 is 0 Å². The van der Waals surface area contributed by atoms with Crippen molar-refractivity contribution in [1.29, 1.82) is 0 Å². The summed E-state index contributed by atoms with van der Waals surface area (Å²) in [5.41, 5.74) is 0.656. The predicted octanol–water partition coefficient (Wildman–Crippen LogP) is 5.28. The van der Waals surface area contributed by atoms with E-state index in [0.29, 0.717) is 5.41 Å². The molecule has 4 aliphatic rings. The second kappa shape index (κ2) is 4.00. The monoisotopic (exact) mass is 246 g/mol. The number of rotatable bonds is 0. The standard InChI is InChI=1S/C18H30/c1-18(2)9-8-15-13(11-18)10-17-14-5-3-4-12(14)6-7-16(15)17/h12-17H,3-11H2,1-2H3. The van der Waals surface area contributed by atoms with Crippen molar-refractivity contribution in [3.8, 4) is 0 Å². The van der Waals surface area contributed by atoms with Crippen molar-refractivity contribution in [2.75, 3.05) is 0 Å². The van der Waals surface area contributed by atoms with E-state index in [-0.39, 0.29) is 0 Å². The highest BCUT2D eigenvalue weighted by Gasteiger charge is 2.53. The van der Waals surface area contributed by atoms with Crippen LogP contribution in [0.5, 0.6) is 0 Å². The number of hydrogen-bond donors (Lipinski definition) is 0. The van der Waals surface area contributed by atoms with Crippen molar-refractivity contribution in [2.24, 2.45) is 40.9 Å². The first-order valence-electron chi connectivity index (χ1n) is 8.64. The highest BCUT2D eigenvalue weighted by molar-refractivity contribution is 5.02. The largest absolute Gasteiger partial charge is 0.0599 e. The molecule has 102 valence electrons. The van der Waals surface area contributed by atoms with Crippen LogP contribution in [0.2, 0.25) is 0 Å². The molecular weight excluding hydrogens is 216 g/mol. The predicted molar refractivity (Wildman–Crippen MR) is 76.3 cm³/mol. The maximum Gasteiger partial charge on any atom is -0.0349 e. The summed E-state index contributed by atoms with van der Waals surface area (Å²) in [7, 11) is 0. The molecule has 0 aromatic heterocycles. The molecule has 6 atom stereocenters. The van der Waals surface area contributed by atoms with Gasteiger partial charge in [-0.15, -0.1) is 0 Å². The second-order valence-electron chi connectivity index (χ2n) is 8.83. The Balaban J connectivity index is 1.56. The lowest BCUT2D eigenvalue weighted by Crippen LogP contribution is -2.33. The smallest absolute Gasteiger partial charge is 0.0349 e. The van der Waals surface area contributed by atoms with E-state index in [1.54, 1.807) is 51.4 Å². The summed E-state index contributed by atoms with van der Waals surface area (Å²) in [6.45, 7) is 5.03. The van der Waals surface area contributed by atoms with Gasteiger partial charge in [-0.3, -0.25) is 0 Å². The van der Waals surface area contributed by atoms with Gasteiger partial charge in [0.1, 0.15) is 0 Å². The Hall–Kier alpha value is 0. The third kappa shape index (κ3) is 1.70. The minimum atomic E-state index is 0.656. The normalized spacial score (nSPS) is 53.7. The molecule has 0 amide bonds. The van der Waals surface area contributed by atoms with Crippen LogP contribution in [0.15, 0.2) is 0 Å². The molecule has 0 aliphatic heterocycles. The van der Waals surface area contributed by atoms with Crippen LogP contribution in [0.4, 0.5) is 0 Å². The topological polar surface area (TPSA) is 0 Å². The van der Waals surface area contributed by atoms with E-state index < -0.39 is 0 Å². The van der Waals surface area contributed by atoms with E-state index in [4.69, 9.17) is 0 Å². The Bertz CT molecular complexity index is 329. The Morgan fingerprint density at radius 2 is 1.56 bits per heavy atom. The van der Waals surface area contributed by atoms with Gasteiger partial charge in [0, 0.05) is 0 Å². The van der Waals surface area contributed by atoms with Gasteiger partial charge in [0.05, 0.1) is 0 Å². The zero-order chi connectivity index (χ0) is 12.3. The van der Waals surface area contributed by atoms with E-state index in [0.717, 1.165) is 35.5 Å². The first-order valence-corrected chi connectivity index (χ1v) is 8.64. The van der Waals surface area contributed by atoms with E-state index >= 15 is 0 Å². The van der Waals surface area contributed by atoms with Crippen LogP contribution in [-0.2, 0) is 0 Å². The fourth-order valence-corrected chi connectivity index (χ4v) is 6.73. The molecule has 0 N–H and O–H groups in total. The fourth-order valence-electron chi connectivity index (χ4n) is 6.73. The van der Waals surface area contributed by atoms with Gasteiger partial charge in [-0.05, 0) is 85.9 Å². The molecule has 0 aromatic rings. The zero-order valence-electron chi connectivity index (χ0n) is 12.3. The number of hydrogen-bond acceptors (Lipinski definition) is 0. The van der Waals surface area contributed by atoms with E-state index in [9.17, 15) is 0 Å². The molecule has 4 aliphatic carbocycles.